The maximum Gasteiger partial charge on any atom is 0.309 e. The van der Waals surface area contributed by atoms with Crippen LogP contribution in [0.4, 0.5) is 0 Å². The Balaban J connectivity index is 2.21. The summed E-state index contributed by atoms with van der Waals surface area (Å²) in [6.45, 7) is 8.52. The Morgan fingerprint density at radius 1 is 1.38 bits per heavy atom. The number of carbonyl (C=O) groups excluding carboxylic acids is 1. The van der Waals surface area contributed by atoms with Crippen LogP contribution in [-0.2, 0) is 9.53 Å². The molecule has 0 aromatic rings. The molecule has 3 heteroatoms. The van der Waals surface area contributed by atoms with E-state index in [1.54, 1.807) is 0 Å². The molecule has 2 rings (SSSR count). The monoisotopic (exact) mass is 226 g/mol. The van der Waals surface area contributed by atoms with Gasteiger partial charge >= 0.3 is 5.97 Å². The van der Waals surface area contributed by atoms with Crippen molar-refractivity contribution in [3.8, 4) is 0 Å². The summed E-state index contributed by atoms with van der Waals surface area (Å²) in [4.78, 5) is 11.9. The molecule has 0 radical (unpaired) electrons. The first-order chi connectivity index (χ1) is 7.33. The smallest absolute Gasteiger partial charge is 0.309 e. The van der Waals surface area contributed by atoms with Gasteiger partial charge in [-0.05, 0) is 36.5 Å². The highest BCUT2D eigenvalue weighted by atomic mass is 16.5. The van der Waals surface area contributed by atoms with Gasteiger partial charge in [-0.25, -0.2) is 0 Å². The summed E-state index contributed by atoms with van der Waals surface area (Å²) >= 11 is 0. The number of hydrogen-bond donors (Lipinski definition) is 1. The van der Waals surface area contributed by atoms with Gasteiger partial charge in [-0.1, -0.05) is 20.8 Å². The van der Waals surface area contributed by atoms with E-state index >= 15 is 0 Å². The number of aliphatic hydroxyl groups excluding tert-OH is 1. The zero-order chi connectivity index (χ0) is 12.1. The van der Waals surface area contributed by atoms with E-state index in [9.17, 15) is 9.90 Å². The van der Waals surface area contributed by atoms with Crippen molar-refractivity contribution in [1.82, 2.24) is 0 Å². The molecule has 1 N–H and O–H groups in total. The predicted octanol–water partition coefficient (Wildman–Crippen LogP) is 1.98. The highest BCUT2D eigenvalue weighted by Gasteiger charge is 2.64. The molecule has 2 aliphatic carbocycles. The van der Waals surface area contributed by atoms with Crippen molar-refractivity contribution in [1.29, 1.82) is 0 Å². The molecular formula is C13H22O3. The van der Waals surface area contributed by atoms with Crippen LogP contribution in [0.3, 0.4) is 0 Å². The van der Waals surface area contributed by atoms with Crippen LogP contribution < -0.4 is 0 Å². The lowest BCUT2D eigenvalue weighted by atomic mass is 9.66. The third-order valence-electron chi connectivity index (χ3n) is 4.77. The summed E-state index contributed by atoms with van der Waals surface area (Å²) < 4.78 is 5.13. The van der Waals surface area contributed by atoms with Gasteiger partial charge in [0.1, 0.15) is 0 Å². The maximum atomic E-state index is 11.9. The lowest BCUT2D eigenvalue weighted by molar-refractivity contribution is -0.155. The van der Waals surface area contributed by atoms with Crippen molar-refractivity contribution in [3.05, 3.63) is 0 Å². The molecule has 0 aromatic heterocycles. The first kappa shape index (κ1) is 11.9. The van der Waals surface area contributed by atoms with Gasteiger partial charge in [0.2, 0.25) is 0 Å². The molecule has 3 nitrogen and oxygen atoms in total. The Morgan fingerprint density at radius 3 is 2.44 bits per heavy atom. The molecule has 0 amide bonds. The highest BCUT2D eigenvalue weighted by molar-refractivity contribution is 5.74. The van der Waals surface area contributed by atoms with Crippen LogP contribution >= 0.6 is 0 Å². The molecule has 2 fully saturated rings. The van der Waals surface area contributed by atoms with Crippen molar-refractivity contribution < 1.29 is 14.6 Å². The topological polar surface area (TPSA) is 46.5 Å². The van der Waals surface area contributed by atoms with Crippen LogP contribution in [0.2, 0.25) is 0 Å². The van der Waals surface area contributed by atoms with E-state index in [1.165, 1.54) is 0 Å². The minimum Gasteiger partial charge on any atom is -0.466 e. The normalized spacial score (nSPS) is 44.7. The zero-order valence-corrected chi connectivity index (χ0v) is 10.6. The lowest BCUT2D eigenvalue weighted by Gasteiger charge is -2.42. The first-order valence-corrected chi connectivity index (χ1v) is 6.17. The third-order valence-corrected chi connectivity index (χ3v) is 4.77. The summed E-state index contributed by atoms with van der Waals surface area (Å²) in [5.74, 6) is 0.186. The zero-order valence-electron chi connectivity index (χ0n) is 10.6. The Kier molecular flexibility index (Phi) is 2.57. The average molecular weight is 226 g/mol. The Bertz CT molecular complexity index is 306. The van der Waals surface area contributed by atoms with Crippen LogP contribution in [0.1, 0.15) is 40.5 Å². The summed E-state index contributed by atoms with van der Waals surface area (Å²) in [5.41, 5.74) is -0.254. The van der Waals surface area contributed by atoms with E-state index in [1.807, 2.05) is 6.92 Å². The average Bonchev–Trinajstić information content (AvgIpc) is 2.63. The minimum atomic E-state index is -0.296. The molecule has 0 aliphatic heterocycles. The van der Waals surface area contributed by atoms with Crippen LogP contribution in [0, 0.1) is 22.7 Å². The Labute approximate surface area is 97.2 Å². The number of aliphatic hydroxyl groups is 1. The molecule has 16 heavy (non-hydrogen) atoms. The first-order valence-electron chi connectivity index (χ1n) is 6.17. The number of hydrogen-bond acceptors (Lipinski definition) is 3. The van der Waals surface area contributed by atoms with E-state index in [2.05, 4.69) is 20.8 Å². The molecule has 0 aromatic carbocycles. The van der Waals surface area contributed by atoms with Crippen molar-refractivity contribution >= 4 is 5.97 Å². The molecule has 4 atom stereocenters. The van der Waals surface area contributed by atoms with E-state index in [-0.39, 0.29) is 34.7 Å². The predicted molar refractivity (Wildman–Crippen MR) is 60.7 cm³/mol. The Hall–Kier alpha value is -0.570. The van der Waals surface area contributed by atoms with E-state index in [0.29, 0.717) is 6.61 Å². The number of carbonyl (C=O) groups is 1. The van der Waals surface area contributed by atoms with Gasteiger partial charge in [-0.15, -0.1) is 0 Å². The van der Waals surface area contributed by atoms with Gasteiger partial charge in [0.05, 0.1) is 18.6 Å². The number of rotatable bonds is 2. The maximum absolute atomic E-state index is 11.9. The molecule has 2 saturated carbocycles. The fourth-order valence-corrected chi connectivity index (χ4v) is 3.98. The molecule has 2 bridgehead atoms. The summed E-state index contributed by atoms with van der Waals surface area (Å²) in [7, 11) is 0. The van der Waals surface area contributed by atoms with Gasteiger partial charge in [0, 0.05) is 0 Å². The van der Waals surface area contributed by atoms with Crippen molar-refractivity contribution in [2.75, 3.05) is 6.61 Å². The number of esters is 1. The van der Waals surface area contributed by atoms with E-state index in [0.717, 1.165) is 12.8 Å². The molecule has 2 aliphatic rings. The highest BCUT2D eigenvalue weighted by Crippen LogP contribution is 2.64. The molecule has 0 heterocycles. The van der Waals surface area contributed by atoms with E-state index < -0.39 is 0 Å². The lowest BCUT2D eigenvalue weighted by Crippen LogP contribution is -2.45. The Morgan fingerprint density at radius 2 is 2.00 bits per heavy atom. The summed E-state index contributed by atoms with van der Waals surface area (Å²) in [5, 5.41) is 10.3. The van der Waals surface area contributed by atoms with Gasteiger partial charge < -0.3 is 9.84 Å². The van der Waals surface area contributed by atoms with Crippen molar-refractivity contribution in [2.45, 2.75) is 46.6 Å². The van der Waals surface area contributed by atoms with Gasteiger partial charge in [-0.2, -0.15) is 0 Å². The van der Waals surface area contributed by atoms with Gasteiger partial charge in [0.15, 0.2) is 0 Å². The van der Waals surface area contributed by atoms with E-state index in [4.69, 9.17) is 4.74 Å². The summed E-state index contributed by atoms with van der Waals surface area (Å²) in [6.07, 6.45) is 1.43. The second-order valence-corrected chi connectivity index (χ2v) is 6.25. The van der Waals surface area contributed by atoms with Gasteiger partial charge in [0.25, 0.3) is 0 Å². The minimum absolute atomic E-state index is 0.0108. The third kappa shape index (κ3) is 1.41. The molecule has 0 saturated heterocycles. The van der Waals surface area contributed by atoms with Crippen molar-refractivity contribution in [3.63, 3.8) is 0 Å². The largest absolute Gasteiger partial charge is 0.466 e. The number of ether oxygens (including phenoxy) is 1. The standard InChI is InChI=1S/C13H22O3/c1-5-16-10(14)8-6-13(4)7-9(8)12(2,3)11(13)15/h8-9,11,15H,5-7H2,1-4H3/t8?,9-,11+,13-/m0/s1. The van der Waals surface area contributed by atoms with Crippen LogP contribution in [0.5, 0.6) is 0 Å². The van der Waals surface area contributed by atoms with Crippen LogP contribution in [0.25, 0.3) is 0 Å². The molecule has 1 unspecified atom stereocenters. The quantitative estimate of drug-likeness (QED) is 0.732. The fourth-order valence-electron chi connectivity index (χ4n) is 3.98. The number of fused-ring (bicyclic) bond motifs is 2. The van der Waals surface area contributed by atoms with Gasteiger partial charge in [-0.3, -0.25) is 4.79 Å². The second kappa shape index (κ2) is 3.46. The van der Waals surface area contributed by atoms with Crippen LogP contribution in [0.15, 0.2) is 0 Å². The molecule has 92 valence electrons. The van der Waals surface area contributed by atoms with Crippen molar-refractivity contribution in [2.24, 2.45) is 22.7 Å². The van der Waals surface area contributed by atoms with Crippen LogP contribution in [-0.4, -0.2) is 23.8 Å². The molecule has 0 spiro atoms. The summed E-state index contributed by atoms with van der Waals surface area (Å²) in [6, 6.07) is 0. The molecular weight excluding hydrogens is 204 g/mol. The second-order valence-electron chi connectivity index (χ2n) is 6.25. The fraction of sp³-hybridized carbons (Fsp3) is 0.923. The SMILES string of the molecule is CCOC(=O)C1C[C@@]2(C)C[C@@H]1C(C)(C)[C@H]2O.